The number of carbonyl (C=O) groups is 1. The van der Waals surface area contributed by atoms with Crippen LogP contribution in [0.5, 0.6) is 0 Å². The summed E-state index contributed by atoms with van der Waals surface area (Å²) in [6.45, 7) is 6.35. The van der Waals surface area contributed by atoms with Gasteiger partial charge in [-0.05, 0) is 62.5 Å². The van der Waals surface area contributed by atoms with E-state index in [0.717, 1.165) is 24.2 Å². The van der Waals surface area contributed by atoms with Crippen LogP contribution in [0.3, 0.4) is 0 Å². The molecular formula is C24H26N2O3. The molecule has 5 heteroatoms. The fourth-order valence-electron chi connectivity index (χ4n) is 4.18. The molecule has 1 aromatic heterocycles. The molecule has 1 aliphatic heterocycles. The molecule has 2 aromatic carbocycles. The molecule has 29 heavy (non-hydrogen) atoms. The van der Waals surface area contributed by atoms with Crippen LogP contribution in [0, 0.1) is 13.8 Å². The van der Waals surface area contributed by atoms with Crippen LogP contribution in [0.4, 0.5) is 0 Å². The molecule has 0 radical (unpaired) electrons. The number of likely N-dealkylation sites (tertiary alicyclic amines) is 1. The summed E-state index contributed by atoms with van der Waals surface area (Å²) in [5.74, 6) is -0.299. The summed E-state index contributed by atoms with van der Waals surface area (Å²) >= 11 is 0. The second-order valence-electron chi connectivity index (χ2n) is 7.81. The molecule has 0 unspecified atom stereocenters. The van der Waals surface area contributed by atoms with Gasteiger partial charge >= 0.3 is 0 Å². The molecule has 1 aliphatic rings. The highest BCUT2D eigenvalue weighted by atomic mass is 16.3. The van der Waals surface area contributed by atoms with Gasteiger partial charge in [0.25, 0.3) is 5.91 Å². The van der Waals surface area contributed by atoms with Gasteiger partial charge in [-0.2, -0.15) is 0 Å². The molecule has 5 nitrogen and oxygen atoms in total. The van der Waals surface area contributed by atoms with Crippen molar-refractivity contribution >= 4 is 16.9 Å². The van der Waals surface area contributed by atoms with Crippen LogP contribution >= 0.6 is 0 Å². The summed E-state index contributed by atoms with van der Waals surface area (Å²) in [6, 6.07) is 15.4. The minimum Gasteiger partial charge on any atom is -0.450 e. The average Bonchev–Trinajstić information content (AvgIpc) is 3.24. The van der Waals surface area contributed by atoms with Gasteiger partial charge in [-0.3, -0.25) is 14.5 Å². The van der Waals surface area contributed by atoms with Gasteiger partial charge in [-0.25, -0.2) is 0 Å². The van der Waals surface area contributed by atoms with E-state index < -0.39 is 0 Å². The SMILES string of the molecule is Cc1cc(C)c2oc(C(=O)NC[C@@H](c3ccccc3)N3CCCC3)cc(=O)c2c1. The van der Waals surface area contributed by atoms with Gasteiger partial charge in [0, 0.05) is 12.6 Å². The first kappa shape index (κ1) is 19.4. The predicted molar refractivity (Wildman–Crippen MR) is 114 cm³/mol. The van der Waals surface area contributed by atoms with Crippen molar-refractivity contribution in [2.24, 2.45) is 0 Å². The van der Waals surface area contributed by atoms with E-state index in [-0.39, 0.29) is 23.1 Å². The zero-order chi connectivity index (χ0) is 20.4. The smallest absolute Gasteiger partial charge is 0.287 e. The zero-order valence-electron chi connectivity index (χ0n) is 16.9. The summed E-state index contributed by atoms with van der Waals surface area (Å²) in [5, 5.41) is 3.50. The molecule has 4 rings (SSSR count). The van der Waals surface area contributed by atoms with Gasteiger partial charge in [0.1, 0.15) is 5.58 Å². The van der Waals surface area contributed by atoms with E-state index in [1.807, 2.05) is 38.1 Å². The first-order valence-corrected chi connectivity index (χ1v) is 10.2. The third kappa shape index (κ3) is 4.10. The molecule has 1 atom stereocenters. The maximum absolute atomic E-state index is 12.8. The van der Waals surface area contributed by atoms with Crippen LogP contribution in [-0.4, -0.2) is 30.4 Å². The van der Waals surface area contributed by atoms with E-state index in [0.29, 0.717) is 17.5 Å². The van der Waals surface area contributed by atoms with E-state index in [4.69, 9.17) is 4.42 Å². The Hall–Kier alpha value is -2.92. The van der Waals surface area contributed by atoms with Gasteiger partial charge in [0.2, 0.25) is 0 Å². The first-order valence-electron chi connectivity index (χ1n) is 10.2. The lowest BCUT2D eigenvalue weighted by atomic mass is 10.1. The highest BCUT2D eigenvalue weighted by Gasteiger charge is 2.24. The van der Waals surface area contributed by atoms with Crippen LogP contribution in [0.2, 0.25) is 0 Å². The maximum atomic E-state index is 12.8. The minimum absolute atomic E-state index is 0.0580. The summed E-state index contributed by atoms with van der Waals surface area (Å²) in [7, 11) is 0. The Morgan fingerprint density at radius 1 is 1.10 bits per heavy atom. The lowest BCUT2D eigenvalue weighted by Gasteiger charge is -2.28. The molecule has 1 fully saturated rings. The third-order valence-electron chi connectivity index (χ3n) is 5.60. The molecule has 0 aliphatic carbocycles. The highest BCUT2D eigenvalue weighted by molar-refractivity contribution is 5.93. The Morgan fingerprint density at radius 2 is 1.83 bits per heavy atom. The second-order valence-corrected chi connectivity index (χ2v) is 7.81. The average molecular weight is 390 g/mol. The molecule has 0 bridgehead atoms. The number of hydrogen-bond acceptors (Lipinski definition) is 4. The normalized spacial score (nSPS) is 15.5. The van der Waals surface area contributed by atoms with Crippen LogP contribution in [-0.2, 0) is 0 Å². The Labute approximate surface area is 170 Å². The van der Waals surface area contributed by atoms with Crippen LogP contribution in [0.25, 0.3) is 11.0 Å². The van der Waals surface area contributed by atoms with E-state index in [1.54, 1.807) is 6.07 Å². The Bertz CT molecular complexity index is 1080. The van der Waals surface area contributed by atoms with Gasteiger partial charge in [0.05, 0.1) is 11.4 Å². The minimum atomic E-state index is -0.357. The second kappa shape index (κ2) is 8.21. The lowest BCUT2D eigenvalue weighted by Crippen LogP contribution is -2.37. The van der Waals surface area contributed by atoms with E-state index in [2.05, 4.69) is 22.3 Å². The van der Waals surface area contributed by atoms with Crippen molar-refractivity contribution in [3.63, 3.8) is 0 Å². The van der Waals surface area contributed by atoms with Crippen LogP contribution in [0.1, 0.15) is 46.1 Å². The van der Waals surface area contributed by atoms with Crippen molar-refractivity contribution in [1.82, 2.24) is 10.2 Å². The summed E-state index contributed by atoms with van der Waals surface area (Å²) in [6.07, 6.45) is 2.35. The van der Waals surface area contributed by atoms with Crippen LogP contribution in [0.15, 0.2) is 57.7 Å². The molecule has 1 amide bonds. The Balaban J connectivity index is 1.57. The van der Waals surface area contributed by atoms with Crippen molar-refractivity contribution in [3.8, 4) is 0 Å². The third-order valence-corrected chi connectivity index (χ3v) is 5.60. The molecule has 1 saturated heterocycles. The quantitative estimate of drug-likeness (QED) is 0.716. The number of nitrogens with zero attached hydrogens (tertiary/aromatic N) is 1. The molecule has 3 aromatic rings. The molecule has 0 spiro atoms. The van der Waals surface area contributed by atoms with E-state index in [1.165, 1.54) is 24.5 Å². The number of hydrogen-bond donors (Lipinski definition) is 1. The summed E-state index contributed by atoms with van der Waals surface area (Å²) in [4.78, 5) is 27.7. The molecule has 1 N–H and O–H groups in total. The molecule has 0 saturated carbocycles. The summed E-state index contributed by atoms with van der Waals surface area (Å²) in [5.41, 5.74) is 3.32. The van der Waals surface area contributed by atoms with Crippen molar-refractivity contribution in [2.45, 2.75) is 32.7 Å². The van der Waals surface area contributed by atoms with Crippen molar-refractivity contribution in [3.05, 3.63) is 81.2 Å². The first-order chi connectivity index (χ1) is 14.0. The zero-order valence-corrected chi connectivity index (χ0v) is 16.9. The fourth-order valence-corrected chi connectivity index (χ4v) is 4.18. The number of carbonyl (C=O) groups excluding carboxylic acids is 1. The fraction of sp³-hybridized carbons (Fsp3) is 0.333. The predicted octanol–water partition coefficient (Wildman–Crippen LogP) is 3.98. The van der Waals surface area contributed by atoms with Gasteiger partial charge in [-0.1, -0.05) is 36.4 Å². The number of rotatable bonds is 5. The topological polar surface area (TPSA) is 62.6 Å². The lowest BCUT2D eigenvalue weighted by molar-refractivity contribution is 0.0910. The van der Waals surface area contributed by atoms with Gasteiger partial charge < -0.3 is 9.73 Å². The number of aryl methyl sites for hydroxylation is 2. The number of amides is 1. The highest BCUT2D eigenvalue weighted by Crippen LogP contribution is 2.25. The Kier molecular flexibility index (Phi) is 5.49. The number of fused-ring (bicyclic) bond motifs is 1. The largest absolute Gasteiger partial charge is 0.450 e. The van der Waals surface area contributed by atoms with Gasteiger partial charge in [0.15, 0.2) is 11.2 Å². The van der Waals surface area contributed by atoms with Gasteiger partial charge in [-0.15, -0.1) is 0 Å². The van der Waals surface area contributed by atoms with Crippen molar-refractivity contribution in [2.75, 3.05) is 19.6 Å². The monoisotopic (exact) mass is 390 g/mol. The standard InChI is InChI=1S/C24H26N2O3/c1-16-12-17(2)23-19(13-16)21(27)14-22(29-23)24(28)25-15-20(26-10-6-7-11-26)18-8-4-3-5-9-18/h3-5,8-9,12-14,20H,6-7,10-11,15H2,1-2H3,(H,25,28)/t20-/m0/s1. The maximum Gasteiger partial charge on any atom is 0.287 e. The van der Waals surface area contributed by atoms with E-state index in [9.17, 15) is 9.59 Å². The Morgan fingerprint density at radius 3 is 2.55 bits per heavy atom. The van der Waals surface area contributed by atoms with Crippen molar-refractivity contribution < 1.29 is 9.21 Å². The number of nitrogens with one attached hydrogen (secondary N) is 1. The van der Waals surface area contributed by atoms with E-state index >= 15 is 0 Å². The molecular weight excluding hydrogens is 364 g/mol. The summed E-state index contributed by atoms with van der Waals surface area (Å²) < 4.78 is 5.83. The number of benzene rings is 2. The van der Waals surface area contributed by atoms with Crippen LogP contribution < -0.4 is 10.7 Å². The molecule has 2 heterocycles. The van der Waals surface area contributed by atoms with Crippen molar-refractivity contribution in [1.29, 1.82) is 0 Å². The molecule has 150 valence electrons.